The van der Waals surface area contributed by atoms with Gasteiger partial charge in [0.2, 0.25) is 5.91 Å². The summed E-state index contributed by atoms with van der Waals surface area (Å²) in [5.41, 5.74) is -0.642. The number of carbonyl (C=O) groups excluding carboxylic acids is 2. The summed E-state index contributed by atoms with van der Waals surface area (Å²) in [6.07, 6.45) is 3.81. The second kappa shape index (κ2) is 9.06. The number of ether oxygens (including phenoxy) is 1. The lowest BCUT2D eigenvalue weighted by atomic mass is 9.82. The maximum Gasteiger partial charge on any atom is 0.408 e. The first-order valence-electron chi connectivity index (χ1n) is 9.02. The summed E-state index contributed by atoms with van der Waals surface area (Å²) in [6, 6.07) is -1.82. The summed E-state index contributed by atoms with van der Waals surface area (Å²) in [5.74, 6) is -1.56. The Morgan fingerprint density at radius 1 is 1.04 bits per heavy atom. The fraction of sp³-hybridized carbons (Fsp3) is 0.833. The maximum atomic E-state index is 12.8. The Kier molecular flexibility index (Phi) is 7.70. The van der Waals surface area contributed by atoms with Gasteiger partial charge in [-0.25, -0.2) is 9.59 Å². The van der Waals surface area contributed by atoms with Crippen LogP contribution in [0.1, 0.15) is 66.7 Å². The maximum absolute atomic E-state index is 12.8. The van der Waals surface area contributed by atoms with Crippen molar-refractivity contribution in [2.24, 2.45) is 11.3 Å². The van der Waals surface area contributed by atoms with E-state index in [1.165, 1.54) is 0 Å². The first-order valence-corrected chi connectivity index (χ1v) is 9.02. The lowest BCUT2D eigenvalue weighted by Gasteiger charge is -2.33. The van der Waals surface area contributed by atoms with Crippen molar-refractivity contribution < 1.29 is 24.2 Å². The van der Waals surface area contributed by atoms with E-state index in [0.717, 1.165) is 32.1 Å². The number of hydrogen-bond donors (Lipinski definition) is 3. The van der Waals surface area contributed by atoms with Gasteiger partial charge in [-0.15, -0.1) is 0 Å². The number of alkyl carbamates (subject to hydrolysis) is 1. The lowest BCUT2D eigenvalue weighted by Crippen LogP contribution is -2.57. The summed E-state index contributed by atoms with van der Waals surface area (Å²) in [7, 11) is 0. The molecule has 7 nitrogen and oxygen atoms in total. The molecule has 0 aromatic heterocycles. The number of aliphatic carboxylic acids is 1. The van der Waals surface area contributed by atoms with E-state index >= 15 is 0 Å². The third-order valence-corrected chi connectivity index (χ3v) is 4.42. The van der Waals surface area contributed by atoms with Crippen LogP contribution >= 0.6 is 0 Å². The highest BCUT2D eigenvalue weighted by atomic mass is 16.6. The van der Waals surface area contributed by atoms with Crippen LogP contribution in [0.5, 0.6) is 0 Å². The number of carboxylic acid groups (broad SMARTS) is 1. The summed E-state index contributed by atoms with van der Waals surface area (Å²) in [5, 5.41) is 14.7. The van der Waals surface area contributed by atoms with Crippen LogP contribution in [0.4, 0.5) is 4.79 Å². The number of carbonyl (C=O) groups is 3. The largest absolute Gasteiger partial charge is 0.480 e. The van der Waals surface area contributed by atoms with Gasteiger partial charge >= 0.3 is 12.1 Å². The first kappa shape index (κ1) is 21.3. The fourth-order valence-electron chi connectivity index (χ4n) is 3.12. The van der Waals surface area contributed by atoms with E-state index in [0.29, 0.717) is 0 Å². The van der Waals surface area contributed by atoms with Crippen molar-refractivity contribution in [2.45, 2.75) is 84.9 Å². The van der Waals surface area contributed by atoms with Crippen LogP contribution in [0, 0.1) is 11.3 Å². The Hall–Kier alpha value is -1.79. The summed E-state index contributed by atoms with van der Waals surface area (Å²) in [6.45, 7) is 8.72. The van der Waals surface area contributed by atoms with Crippen LogP contribution < -0.4 is 10.6 Å². The molecular weight excluding hydrogens is 324 g/mol. The highest BCUT2D eigenvalue weighted by Crippen LogP contribution is 2.27. The predicted octanol–water partition coefficient (Wildman–Crippen LogP) is 2.69. The number of amides is 2. The van der Waals surface area contributed by atoms with Gasteiger partial charge in [-0.3, -0.25) is 4.79 Å². The Labute approximate surface area is 149 Å². The van der Waals surface area contributed by atoms with E-state index in [9.17, 15) is 19.5 Å². The number of rotatable bonds is 6. The highest BCUT2D eigenvalue weighted by Gasteiger charge is 2.37. The van der Waals surface area contributed by atoms with Gasteiger partial charge in [-0.05, 0) is 38.0 Å². The van der Waals surface area contributed by atoms with Gasteiger partial charge in [0, 0.05) is 0 Å². The van der Waals surface area contributed by atoms with Crippen LogP contribution in [0.25, 0.3) is 0 Å². The third kappa shape index (κ3) is 6.92. The Bertz CT molecular complexity index is 478. The molecule has 144 valence electrons. The van der Waals surface area contributed by atoms with E-state index < -0.39 is 35.5 Å². The van der Waals surface area contributed by atoms with Crippen molar-refractivity contribution in [1.29, 1.82) is 0 Å². The van der Waals surface area contributed by atoms with Gasteiger partial charge in [0.1, 0.15) is 12.1 Å². The van der Waals surface area contributed by atoms with Crippen molar-refractivity contribution in [3.63, 3.8) is 0 Å². The zero-order chi connectivity index (χ0) is 19.2. The SMILES string of the molecule is CC(C)OC(=O)N[C@H](C(=O)N[C@H](C(=O)O)C(C)(C)C)C1CCCCC1. The van der Waals surface area contributed by atoms with E-state index in [2.05, 4.69) is 10.6 Å². The average molecular weight is 356 g/mol. The van der Waals surface area contributed by atoms with Crippen molar-refractivity contribution in [1.82, 2.24) is 10.6 Å². The Morgan fingerprint density at radius 2 is 1.60 bits per heavy atom. The van der Waals surface area contributed by atoms with Gasteiger partial charge in [0.05, 0.1) is 6.10 Å². The number of nitrogens with one attached hydrogen (secondary N) is 2. The van der Waals surface area contributed by atoms with Crippen LogP contribution in [0.2, 0.25) is 0 Å². The molecule has 0 spiro atoms. The molecule has 2 atom stereocenters. The molecule has 1 saturated carbocycles. The molecule has 1 aliphatic carbocycles. The highest BCUT2D eigenvalue weighted by molar-refractivity contribution is 5.89. The summed E-state index contributed by atoms with van der Waals surface area (Å²) < 4.78 is 5.10. The third-order valence-electron chi connectivity index (χ3n) is 4.42. The second-order valence-electron chi connectivity index (χ2n) is 8.12. The van der Waals surface area contributed by atoms with Crippen LogP contribution in [0.3, 0.4) is 0 Å². The second-order valence-corrected chi connectivity index (χ2v) is 8.12. The molecule has 1 aliphatic rings. The molecular formula is C18H32N2O5. The van der Waals surface area contributed by atoms with Gasteiger partial charge < -0.3 is 20.5 Å². The molecule has 0 saturated heterocycles. The smallest absolute Gasteiger partial charge is 0.408 e. The molecule has 7 heteroatoms. The minimum absolute atomic E-state index is 0.0112. The van der Waals surface area contributed by atoms with E-state index in [1.807, 2.05) is 0 Å². The van der Waals surface area contributed by atoms with Crippen LogP contribution in [0.15, 0.2) is 0 Å². The zero-order valence-electron chi connectivity index (χ0n) is 15.9. The Morgan fingerprint density at radius 3 is 2.04 bits per heavy atom. The molecule has 0 aromatic rings. The minimum atomic E-state index is -1.09. The predicted molar refractivity (Wildman–Crippen MR) is 94.1 cm³/mol. The molecule has 25 heavy (non-hydrogen) atoms. The molecule has 1 rings (SSSR count). The normalized spacial score (nSPS) is 18.3. The topological polar surface area (TPSA) is 105 Å². The van der Waals surface area contributed by atoms with Gasteiger partial charge in [-0.2, -0.15) is 0 Å². The van der Waals surface area contributed by atoms with E-state index in [-0.39, 0.29) is 12.0 Å². The molecule has 0 aliphatic heterocycles. The number of carboxylic acids is 1. The van der Waals surface area contributed by atoms with Gasteiger partial charge in [-0.1, -0.05) is 40.0 Å². The molecule has 0 bridgehead atoms. The number of hydrogen-bond acceptors (Lipinski definition) is 4. The summed E-state index contributed by atoms with van der Waals surface area (Å²) in [4.78, 5) is 36.3. The average Bonchev–Trinajstić information content (AvgIpc) is 2.48. The van der Waals surface area contributed by atoms with Crippen molar-refractivity contribution >= 4 is 18.0 Å². The monoisotopic (exact) mass is 356 g/mol. The van der Waals surface area contributed by atoms with Crippen LogP contribution in [-0.2, 0) is 14.3 Å². The molecule has 0 heterocycles. The fourth-order valence-corrected chi connectivity index (χ4v) is 3.12. The van der Waals surface area contributed by atoms with Crippen molar-refractivity contribution in [3.05, 3.63) is 0 Å². The standard InChI is InChI=1S/C18H32N2O5/c1-11(2)25-17(24)19-13(12-9-7-6-8-10-12)15(21)20-14(16(22)23)18(3,4)5/h11-14H,6-10H2,1-5H3,(H,19,24)(H,20,21)(H,22,23)/t13-,14+/m0/s1. The summed E-state index contributed by atoms with van der Waals surface area (Å²) >= 11 is 0. The van der Waals surface area contributed by atoms with Crippen molar-refractivity contribution in [3.8, 4) is 0 Å². The van der Waals surface area contributed by atoms with Gasteiger partial charge in [0.15, 0.2) is 0 Å². The van der Waals surface area contributed by atoms with E-state index in [4.69, 9.17) is 4.74 Å². The molecule has 1 fully saturated rings. The van der Waals surface area contributed by atoms with Crippen LogP contribution in [-0.4, -0.2) is 41.3 Å². The molecule has 0 aromatic carbocycles. The van der Waals surface area contributed by atoms with Crippen molar-refractivity contribution in [2.75, 3.05) is 0 Å². The minimum Gasteiger partial charge on any atom is -0.480 e. The Balaban J connectivity index is 2.90. The molecule has 2 amide bonds. The first-order chi connectivity index (χ1) is 11.5. The quantitative estimate of drug-likeness (QED) is 0.679. The van der Waals surface area contributed by atoms with E-state index in [1.54, 1.807) is 34.6 Å². The molecule has 0 radical (unpaired) electrons. The molecule has 0 unspecified atom stereocenters. The zero-order valence-corrected chi connectivity index (χ0v) is 15.9. The van der Waals surface area contributed by atoms with Gasteiger partial charge in [0.25, 0.3) is 0 Å². The molecule has 3 N–H and O–H groups in total. The lowest BCUT2D eigenvalue weighted by molar-refractivity contribution is -0.145.